The molecule has 0 radical (unpaired) electrons. The molecule has 0 aliphatic rings. The number of amides is 1. The van der Waals surface area contributed by atoms with Gasteiger partial charge < -0.3 is 19.9 Å². The third-order valence-corrected chi connectivity index (χ3v) is 4.43. The van der Waals surface area contributed by atoms with Crippen molar-refractivity contribution in [3.63, 3.8) is 0 Å². The van der Waals surface area contributed by atoms with Gasteiger partial charge in [-0.2, -0.15) is 0 Å². The summed E-state index contributed by atoms with van der Waals surface area (Å²) < 4.78 is 1.38. The van der Waals surface area contributed by atoms with Gasteiger partial charge in [0.1, 0.15) is 11.3 Å². The van der Waals surface area contributed by atoms with Crippen molar-refractivity contribution in [2.75, 3.05) is 23.8 Å². The van der Waals surface area contributed by atoms with E-state index >= 15 is 0 Å². The molecule has 26 heavy (non-hydrogen) atoms. The molecule has 0 saturated carbocycles. The number of benzene rings is 2. The molecule has 6 heteroatoms. The van der Waals surface area contributed by atoms with E-state index in [9.17, 15) is 14.7 Å². The van der Waals surface area contributed by atoms with Gasteiger partial charge in [-0.25, -0.2) is 0 Å². The highest BCUT2D eigenvalue weighted by Gasteiger charge is 2.24. The number of rotatable bonds is 4. The summed E-state index contributed by atoms with van der Waals surface area (Å²) in [6, 6.07) is 14.3. The van der Waals surface area contributed by atoms with Crippen LogP contribution in [0.5, 0.6) is 5.75 Å². The Balaban J connectivity index is 2.05. The van der Waals surface area contributed by atoms with Gasteiger partial charge >= 0.3 is 0 Å². The van der Waals surface area contributed by atoms with Crippen LogP contribution >= 0.6 is 0 Å². The van der Waals surface area contributed by atoms with Crippen LogP contribution in [0.2, 0.25) is 0 Å². The molecule has 3 aromatic rings. The van der Waals surface area contributed by atoms with Crippen molar-refractivity contribution >= 4 is 28.2 Å². The first-order valence-corrected chi connectivity index (χ1v) is 8.38. The minimum atomic E-state index is -0.551. The molecule has 0 spiro atoms. The molecule has 6 nitrogen and oxygen atoms in total. The number of carbonyl (C=O) groups excluding carboxylic acids is 1. The van der Waals surface area contributed by atoms with Gasteiger partial charge in [0.15, 0.2) is 0 Å². The predicted molar refractivity (Wildman–Crippen MR) is 104 cm³/mol. The van der Waals surface area contributed by atoms with Gasteiger partial charge in [-0.3, -0.25) is 9.59 Å². The number of pyridine rings is 1. The van der Waals surface area contributed by atoms with Crippen LogP contribution in [0.3, 0.4) is 0 Å². The number of anilines is 2. The fraction of sp³-hybridized carbons (Fsp3) is 0.200. The Bertz CT molecular complexity index is 1020. The van der Waals surface area contributed by atoms with Crippen LogP contribution in [0.4, 0.5) is 11.4 Å². The summed E-state index contributed by atoms with van der Waals surface area (Å²) >= 11 is 0. The lowest BCUT2D eigenvalue weighted by molar-refractivity contribution is 0.0988. The lowest BCUT2D eigenvalue weighted by Gasteiger charge is -2.19. The van der Waals surface area contributed by atoms with E-state index in [2.05, 4.69) is 5.32 Å². The second kappa shape index (κ2) is 6.92. The maximum atomic E-state index is 12.9. The SMILES string of the molecule is CCNc1ccc(N(C)C(=O)c2c(O)c3ccccc3n(C)c2=O)cc1. The Hall–Kier alpha value is -3.28. The Morgan fingerprint density at radius 3 is 2.46 bits per heavy atom. The van der Waals surface area contributed by atoms with Gasteiger partial charge in [0.05, 0.1) is 5.52 Å². The highest BCUT2D eigenvalue weighted by Crippen LogP contribution is 2.27. The molecule has 134 valence electrons. The number of nitrogens with one attached hydrogen (secondary N) is 1. The first-order chi connectivity index (χ1) is 12.5. The van der Waals surface area contributed by atoms with Crippen LogP contribution in [-0.2, 0) is 7.05 Å². The van der Waals surface area contributed by atoms with Crippen molar-refractivity contribution < 1.29 is 9.90 Å². The molecule has 1 aromatic heterocycles. The minimum Gasteiger partial charge on any atom is -0.506 e. The zero-order valence-corrected chi connectivity index (χ0v) is 15.0. The first-order valence-electron chi connectivity index (χ1n) is 8.38. The van der Waals surface area contributed by atoms with Crippen LogP contribution in [0, 0.1) is 0 Å². The number of hydrogen-bond acceptors (Lipinski definition) is 4. The second-order valence-corrected chi connectivity index (χ2v) is 6.05. The predicted octanol–water partition coefficient (Wildman–Crippen LogP) is 2.95. The molecule has 1 amide bonds. The largest absolute Gasteiger partial charge is 0.506 e. The smallest absolute Gasteiger partial charge is 0.267 e. The minimum absolute atomic E-state index is 0.232. The lowest BCUT2D eigenvalue weighted by Crippen LogP contribution is -2.34. The van der Waals surface area contributed by atoms with Crippen molar-refractivity contribution in [3.05, 3.63) is 64.4 Å². The fourth-order valence-electron chi connectivity index (χ4n) is 2.96. The summed E-state index contributed by atoms with van der Waals surface area (Å²) in [7, 11) is 3.17. The van der Waals surface area contributed by atoms with Crippen molar-refractivity contribution in [1.82, 2.24) is 4.57 Å². The maximum Gasteiger partial charge on any atom is 0.267 e. The van der Waals surface area contributed by atoms with Crippen LogP contribution < -0.4 is 15.8 Å². The molecular formula is C20H21N3O3. The second-order valence-electron chi connectivity index (χ2n) is 6.05. The Morgan fingerprint density at radius 2 is 1.81 bits per heavy atom. The molecule has 3 rings (SSSR count). The van der Waals surface area contributed by atoms with Crippen molar-refractivity contribution in [2.24, 2.45) is 7.05 Å². The number of carbonyl (C=O) groups is 1. The van der Waals surface area contributed by atoms with Gasteiger partial charge in [0, 0.05) is 37.4 Å². The molecule has 0 bridgehead atoms. The number of hydrogen-bond donors (Lipinski definition) is 2. The molecule has 1 heterocycles. The number of aromatic nitrogens is 1. The molecule has 0 saturated heterocycles. The monoisotopic (exact) mass is 351 g/mol. The summed E-state index contributed by atoms with van der Waals surface area (Å²) in [5.41, 5.74) is 1.39. The zero-order chi connectivity index (χ0) is 18.8. The van der Waals surface area contributed by atoms with Crippen LogP contribution in [0.25, 0.3) is 10.9 Å². The third kappa shape index (κ3) is 2.90. The summed E-state index contributed by atoms with van der Waals surface area (Å²) in [6.07, 6.45) is 0. The fourth-order valence-corrected chi connectivity index (χ4v) is 2.96. The standard InChI is InChI=1S/C20H21N3O3/c1-4-21-13-9-11-14(12-10-13)22(2)19(25)17-18(24)15-7-5-6-8-16(15)23(3)20(17)26/h5-12,21,24H,4H2,1-3H3. The van der Waals surface area contributed by atoms with Crippen molar-refractivity contribution in [1.29, 1.82) is 0 Å². The van der Waals surface area contributed by atoms with Crippen LogP contribution in [-0.4, -0.2) is 29.2 Å². The van der Waals surface area contributed by atoms with Gasteiger partial charge in [0.2, 0.25) is 0 Å². The van der Waals surface area contributed by atoms with E-state index in [1.165, 1.54) is 9.47 Å². The first kappa shape index (κ1) is 17.5. The Labute approximate surface area is 151 Å². The van der Waals surface area contributed by atoms with Crippen molar-refractivity contribution in [3.8, 4) is 5.75 Å². The molecule has 2 N–H and O–H groups in total. The van der Waals surface area contributed by atoms with E-state index in [-0.39, 0.29) is 11.3 Å². The van der Waals surface area contributed by atoms with E-state index in [0.717, 1.165) is 12.2 Å². The number of aromatic hydroxyl groups is 1. The van der Waals surface area contributed by atoms with E-state index in [4.69, 9.17) is 0 Å². The number of para-hydroxylation sites is 1. The third-order valence-electron chi connectivity index (χ3n) is 4.43. The number of nitrogens with zero attached hydrogens (tertiary/aromatic N) is 2. The average molecular weight is 351 g/mol. The highest BCUT2D eigenvalue weighted by molar-refractivity contribution is 6.10. The van der Waals surface area contributed by atoms with E-state index < -0.39 is 11.5 Å². The normalized spacial score (nSPS) is 10.7. The summed E-state index contributed by atoms with van der Waals surface area (Å²) in [4.78, 5) is 27.0. The maximum absolute atomic E-state index is 12.9. The summed E-state index contributed by atoms with van der Waals surface area (Å²) in [6.45, 7) is 2.80. The van der Waals surface area contributed by atoms with Gasteiger partial charge in [0.25, 0.3) is 11.5 Å². The van der Waals surface area contributed by atoms with Crippen LogP contribution in [0.1, 0.15) is 17.3 Å². The van der Waals surface area contributed by atoms with Gasteiger partial charge in [-0.15, -0.1) is 0 Å². The Kier molecular flexibility index (Phi) is 4.67. The zero-order valence-electron chi connectivity index (χ0n) is 15.0. The Morgan fingerprint density at radius 1 is 1.15 bits per heavy atom. The summed E-state index contributed by atoms with van der Waals surface area (Å²) in [5.74, 6) is -0.838. The van der Waals surface area contributed by atoms with E-state index in [1.54, 1.807) is 50.5 Å². The molecule has 0 unspecified atom stereocenters. The topological polar surface area (TPSA) is 74.6 Å². The molecule has 0 aliphatic carbocycles. The average Bonchev–Trinajstić information content (AvgIpc) is 2.66. The van der Waals surface area contributed by atoms with E-state index in [1.807, 2.05) is 19.1 Å². The molecule has 0 atom stereocenters. The van der Waals surface area contributed by atoms with Gasteiger partial charge in [-0.05, 0) is 43.3 Å². The quantitative estimate of drug-likeness (QED) is 0.758. The molecular weight excluding hydrogens is 330 g/mol. The highest BCUT2D eigenvalue weighted by atomic mass is 16.3. The molecule has 0 fully saturated rings. The molecule has 0 aliphatic heterocycles. The number of aryl methyl sites for hydroxylation is 1. The van der Waals surface area contributed by atoms with E-state index in [0.29, 0.717) is 16.6 Å². The lowest BCUT2D eigenvalue weighted by atomic mass is 10.1. The van der Waals surface area contributed by atoms with Crippen LogP contribution in [0.15, 0.2) is 53.3 Å². The van der Waals surface area contributed by atoms with Crippen molar-refractivity contribution in [2.45, 2.75) is 6.92 Å². The number of fused-ring (bicyclic) bond motifs is 1. The van der Waals surface area contributed by atoms with Gasteiger partial charge in [-0.1, -0.05) is 12.1 Å². The summed E-state index contributed by atoms with van der Waals surface area (Å²) in [5, 5.41) is 14.2. The molecule has 2 aromatic carbocycles.